The van der Waals surface area contributed by atoms with E-state index in [2.05, 4.69) is 75.7 Å². The lowest BCUT2D eigenvalue weighted by atomic mass is 10.0. The van der Waals surface area contributed by atoms with Crippen molar-refractivity contribution in [3.05, 3.63) is 108 Å². The number of unbranched alkanes of at least 4 members (excludes halogenated alkanes) is 37. The highest BCUT2D eigenvalue weighted by molar-refractivity contribution is 7.87. The summed E-state index contributed by atoms with van der Waals surface area (Å²) in [6, 6.07) is 28.5. The van der Waals surface area contributed by atoms with Gasteiger partial charge in [-0.2, -0.15) is 46.7 Å². The number of nitrogens with one attached hydrogen (secondary N) is 6. The molecule has 97 heavy (non-hydrogen) atoms. The van der Waals surface area contributed by atoms with E-state index in [1.165, 1.54) is 249 Å². The van der Waals surface area contributed by atoms with Gasteiger partial charge >= 0.3 is 0 Å². The van der Waals surface area contributed by atoms with Crippen LogP contribution >= 0.6 is 0 Å². The minimum Gasteiger partial charge on any atom is -0.354 e. The molecule has 0 radical (unpaired) electrons. The zero-order valence-corrected chi connectivity index (χ0v) is 61.0. The van der Waals surface area contributed by atoms with E-state index in [9.17, 15) is 16.8 Å². The zero-order chi connectivity index (χ0) is 68.7. The molecule has 0 aliphatic rings. The van der Waals surface area contributed by atoms with Gasteiger partial charge in [0.1, 0.15) is 9.79 Å². The predicted octanol–water partition coefficient (Wildman–Crippen LogP) is 21.9. The molecule has 0 amide bonds. The van der Waals surface area contributed by atoms with Gasteiger partial charge in [0.05, 0.1) is 14.2 Å². The Hall–Kier alpha value is -6.74. The summed E-state index contributed by atoms with van der Waals surface area (Å²) in [5, 5.41) is 19.6. The molecular weight excluding hydrogens is 1250 g/mol. The number of rotatable bonds is 57. The van der Waals surface area contributed by atoms with E-state index in [4.69, 9.17) is 8.37 Å². The third-order valence-electron chi connectivity index (χ3n) is 17.7. The maximum Gasteiger partial charge on any atom is 0.297 e. The van der Waals surface area contributed by atoms with Gasteiger partial charge in [0.15, 0.2) is 0 Å². The number of hydrogen-bond donors (Lipinski definition) is 6. The Labute approximate surface area is 584 Å². The first kappa shape index (κ1) is 79.2. The molecule has 0 aliphatic carbocycles. The van der Waals surface area contributed by atoms with Crippen molar-refractivity contribution in [2.45, 2.75) is 274 Å². The van der Waals surface area contributed by atoms with Crippen LogP contribution in [0.2, 0.25) is 0 Å². The minimum atomic E-state index is -4.33. The highest BCUT2D eigenvalue weighted by Crippen LogP contribution is 2.31. The van der Waals surface area contributed by atoms with Crippen LogP contribution in [0.3, 0.4) is 0 Å². The van der Waals surface area contributed by atoms with Crippen molar-refractivity contribution in [2.24, 2.45) is 0 Å². The van der Waals surface area contributed by atoms with Crippen LogP contribution in [-0.2, 0) is 28.6 Å². The summed E-state index contributed by atoms with van der Waals surface area (Å²) in [5.41, 5.74) is 2.70. The van der Waals surface area contributed by atoms with Gasteiger partial charge in [0.2, 0.25) is 35.7 Å². The first-order chi connectivity index (χ1) is 47.5. The lowest BCUT2D eigenvalue weighted by Gasteiger charge is -2.14. The first-order valence-electron chi connectivity index (χ1n) is 37.2. The standard InChI is InChI=1S/C77H118N12O6S2/c1-5-7-9-11-13-15-17-19-21-23-24-25-26-27-28-29-31-33-35-37-39-41-49-61-79-73-85-75(81-67-52-46-43-47-53-67)89-77(87-73)83-69-59-57-65(71(63-69)97(92,93)95-4)55-54-64-56-58-68(62-70(64)96(90,91)94-3)82-76-86-72(84-74(88-76)80-66-50-44-42-45-51-66)78-60-48-40-38-36-34-32-30-22-20-18-16-14-12-10-8-6-2/h42-47,50-59,62-63H,5-41,48-49,60-61H2,1-4H3,(H3,78,80,82,84,86,88)(H3,79,81,83,85,87,89). The van der Waals surface area contributed by atoms with E-state index in [-0.39, 0.29) is 38.8 Å². The topological polar surface area (TPSA) is 236 Å². The van der Waals surface area contributed by atoms with Gasteiger partial charge in [-0.15, -0.1) is 0 Å². The second kappa shape index (κ2) is 48.1. The maximum absolute atomic E-state index is 13.7. The number of benzene rings is 4. The lowest BCUT2D eigenvalue weighted by Crippen LogP contribution is -2.11. The molecule has 0 unspecified atom stereocenters. The second-order valence-electron chi connectivity index (χ2n) is 25.9. The van der Waals surface area contributed by atoms with Gasteiger partial charge in [0.25, 0.3) is 20.2 Å². The van der Waals surface area contributed by atoms with E-state index in [1.54, 1.807) is 24.3 Å². The Kier molecular flexibility index (Phi) is 39.3. The summed E-state index contributed by atoms with van der Waals surface area (Å²) in [5.74, 6) is 1.64. The predicted molar refractivity (Wildman–Crippen MR) is 404 cm³/mol. The van der Waals surface area contributed by atoms with Gasteiger partial charge in [0, 0.05) is 35.8 Å². The molecule has 2 aromatic heterocycles. The van der Waals surface area contributed by atoms with E-state index in [1.807, 2.05) is 60.7 Å². The van der Waals surface area contributed by atoms with Crippen LogP contribution in [0.1, 0.15) is 275 Å². The smallest absolute Gasteiger partial charge is 0.297 e. The molecule has 0 saturated carbocycles. The van der Waals surface area contributed by atoms with Crippen molar-refractivity contribution in [3.8, 4) is 0 Å². The average Bonchev–Trinajstić information content (AvgIpc) is 0.809. The Balaban J connectivity index is 1.01. The van der Waals surface area contributed by atoms with Crippen LogP contribution < -0.4 is 31.9 Å². The summed E-state index contributed by atoms with van der Waals surface area (Å²) in [4.78, 5) is 27.6. The van der Waals surface area contributed by atoms with Crippen molar-refractivity contribution in [1.82, 2.24) is 29.9 Å². The summed E-state index contributed by atoms with van der Waals surface area (Å²) in [7, 11) is -6.49. The Morgan fingerprint density at radius 3 is 0.794 bits per heavy atom. The number of nitrogens with zero attached hydrogens (tertiary/aromatic N) is 6. The molecule has 4 aromatic carbocycles. The summed E-state index contributed by atoms with van der Waals surface area (Å²) < 4.78 is 64.7. The largest absolute Gasteiger partial charge is 0.354 e. The number of para-hydroxylation sites is 2. The van der Waals surface area contributed by atoms with Crippen LogP contribution in [-0.4, -0.2) is 74.0 Å². The molecule has 6 aromatic rings. The van der Waals surface area contributed by atoms with Gasteiger partial charge in [-0.25, -0.2) is 0 Å². The van der Waals surface area contributed by atoms with Gasteiger partial charge in [-0.05, 0) is 72.5 Å². The van der Waals surface area contributed by atoms with Crippen LogP contribution in [0.15, 0.2) is 107 Å². The highest BCUT2D eigenvalue weighted by atomic mass is 32.2. The molecule has 534 valence electrons. The van der Waals surface area contributed by atoms with Crippen molar-refractivity contribution < 1.29 is 25.2 Å². The normalized spacial score (nSPS) is 11.8. The maximum atomic E-state index is 13.7. The number of aromatic nitrogens is 6. The molecule has 0 bridgehead atoms. The first-order valence-corrected chi connectivity index (χ1v) is 40.1. The van der Waals surface area contributed by atoms with E-state index in [0.717, 1.165) is 51.3 Å². The summed E-state index contributed by atoms with van der Waals surface area (Å²) >= 11 is 0. The van der Waals surface area contributed by atoms with Crippen molar-refractivity contribution >= 4 is 90.8 Å². The van der Waals surface area contributed by atoms with Crippen LogP contribution in [0.5, 0.6) is 0 Å². The van der Waals surface area contributed by atoms with Crippen LogP contribution in [0.4, 0.5) is 58.4 Å². The molecule has 0 saturated heterocycles. The number of anilines is 10. The quantitative estimate of drug-likeness (QED) is 0.0118. The Morgan fingerprint density at radius 1 is 0.299 bits per heavy atom. The molecule has 0 atom stereocenters. The number of hydrogen-bond acceptors (Lipinski definition) is 18. The molecule has 2 heterocycles. The SMILES string of the molecule is CCCCCCCCCCCCCCCCCCCCCCCCCNc1nc(Nc2ccccc2)nc(Nc2ccc(C=Cc3ccc(Nc4nc(NCCCCCCCCCCCCCCCCCC)nc(Nc5ccccc5)n4)cc3S(=O)(=O)OC)c(S(=O)(=O)OC)c2)n1. The molecular formula is C77H118N12O6S2. The molecule has 0 spiro atoms. The second-order valence-corrected chi connectivity index (χ2v) is 29.2. The van der Waals surface area contributed by atoms with E-state index in [0.29, 0.717) is 42.3 Å². The average molecular weight is 1370 g/mol. The zero-order valence-electron chi connectivity index (χ0n) is 59.3. The van der Waals surface area contributed by atoms with Gasteiger partial charge in [-0.1, -0.05) is 312 Å². The third kappa shape index (κ3) is 33.1. The van der Waals surface area contributed by atoms with Crippen molar-refractivity contribution in [3.63, 3.8) is 0 Å². The molecule has 6 rings (SSSR count). The lowest BCUT2D eigenvalue weighted by molar-refractivity contribution is 0.396. The molecule has 0 aliphatic heterocycles. The third-order valence-corrected chi connectivity index (χ3v) is 20.3. The van der Waals surface area contributed by atoms with Gasteiger partial charge in [-0.3, -0.25) is 8.37 Å². The summed E-state index contributed by atoms with van der Waals surface area (Å²) in [6.07, 6.45) is 54.5. The van der Waals surface area contributed by atoms with Crippen molar-refractivity contribution in [2.75, 3.05) is 59.2 Å². The molecule has 20 heteroatoms. The van der Waals surface area contributed by atoms with Crippen molar-refractivity contribution in [1.29, 1.82) is 0 Å². The minimum absolute atomic E-state index is 0.171. The van der Waals surface area contributed by atoms with E-state index >= 15 is 0 Å². The highest BCUT2D eigenvalue weighted by Gasteiger charge is 2.22. The van der Waals surface area contributed by atoms with Crippen LogP contribution in [0, 0.1) is 0 Å². The Bertz CT molecular complexity index is 3350. The monoisotopic (exact) mass is 1370 g/mol. The fraction of sp³-hybridized carbons (Fsp3) is 0.584. The van der Waals surface area contributed by atoms with Gasteiger partial charge < -0.3 is 31.9 Å². The van der Waals surface area contributed by atoms with Crippen LogP contribution in [0.25, 0.3) is 12.2 Å². The Morgan fingerprint density at radius 2 is 0.536 bits per heavy atom. The molecule has 18 nitrogen and oxygen atoms in total. The molecule has 0 fully saturated rings. The fourth-order valence-corrected chi connectivity index (χ4v) is 13.7. The summed E-state index contributed by atoms with van der Waals surface area (Å²) in [6.45, 7) is 5.90. The fourth-order valence-electron chi connectivity index (χ4n) is 12.0. The molecule has 6 N–H and O–H groups in total. The van der Waals surface area contributed by atoms with E-state index < -0.39 is 20.2 Å².